The van der Waals surface area contributed by atoms with Crippen molar-refractivity contribution in [3.05, 3.63) is 12.5 Å². The van der Waals surface area contributed by atoms with Gasteiger partial charge in [-0.05, 0) is 25.7 Å². The molecule has 1 aromatic rings. The lowest BCUT2D eigenvalue weighted by Gasteiger charge is -2.61. The van der Waals surface area contributed by atoms with Crippen LogP contribution in [-0.4, -0.2) is 84.2 Å². The zero-order valence-corrected chi connectivity index (χ0v) is 16.5. The molecule has 27 heavy (non-hydrogen) atoms. The van der Waals surface area contributed by atoms with E-state index in [4.69, 9.17) is 9.47 Å². The second kappa shape index (κ2) is 6.84. The molecule has 0 bridgehead atoms. The minimum absolute atomic E-state index is 0.0189. The Hall–Kier alpha value is -1.49. The van der Waals surface area contributed by atoms with Gasteiger partial charge in [-0.15, -0.1) is 0 Å². The highest BCUT2D eigenvalue weighted by atomic mass is 32.2. The minimum atomic E-state index is -3.59. The fourth-order valence-electron chi connectivity index (χ4n) is 4.72. The maximum atomic E-state index is 12.8. The molecule has 0 aromatic carbocycles. The zero-order valence-electron chi connectivity index (χ0n) is 15.7. The predicted molar refractivity (Wildman–Crippen MR) is 95.4 cm³/mol. The van der Waals surface area contributed by atoms with Crippen LogP contribution in [0.4, 0.5) is 0 Å². The van der Waals surface area contributed by atoms with Crippen LogP contribution in [0.15, 0.2) is 17.6 Å². The number of carbonyl (C=O) groups excluding carboxylic acids is 1. The average Bonchev–Trinajstić information content (AvgIpc) is 3.11. The van der Waals surface area contributed by atoms with E-state index in [0.29, 0.717) is 39.1 Å². The monoisotopic (exact) mass is 398 g/mol. The van der Waals surface area contributed by atoms with Crippen molar-refractivity contribution < 1.29 is 22.7 Å². The summed E-state index contributed by atoms with van der Waals surface area (Å²) in [6.45, 7) is 2.02. The van der Waals surface area contributed by atoms with Crippen LogP contribution in [-0.2, 0) is 31.3 Å². The van der Waals surface area contributed by atoms with Gasteiger partial charge < -0.3 is 18.9 Å². The van der Waals surface area contributed by atoms with E-state index in [9.17, 15) is 13.2 Å². The number of aromatic nitrogens is 2. The normalized spacial score (nSPS) is 27.1. The van der Waals surface area contributed by atoms with E-state index in [1.165, 1.54) is 16.8 Å². The number of imidazole rings is 1. The molecule has 0 radical (unpaired) electrons. The molecule has 1 aromatic heterocycles. The first-order valence-electron chi connectivity index (χ1n) is 9.32. The average molecular weight is 398 g/mol. The summed E-state index contributed by atoms with van der Waals surface area (Å²) in [6, 6.07) is 0.0391. The highest BCUT2D eigenvalue weighted by Gasteiger charge is 2.62. The van der Waals surface area contributed by atoms with E-state index in [-0.39, 0.29) is 22.5 Å². The molecule has 10 heteroatoms. The van der Waals surface area contributed by atoms with Gasteiger partial charge in [-0.3, -0.25) is 4.79 Å². The Labute approximate surface area is 159 Å². The number of likely N-dealkylation sites (tertiary alicyclic amines) is 1. The fourth-order valence-corrected chi connectivity index (χ4v) is 6.16. The van der Waals surface area contributed by atoms with Crippen LogP contribution in [0.3, 0.4) is 0 Å². The van der Waals surface area contributed by atoms with Crippen LogP contribution >= 0.6 is 0 Å². The molecule has 1 amide bonds. The number of piperidine rings is 1. The molecule has 150 valence electrons. The molecule has 0 saturated carbocycles. The molecular formula is C17H26N4O5S. The number of β-lactam (4-membered cyclic amide) rings is 1. The van der Waals surface area contributed by atoms with Crippen LogP contribution < -0.4 is 0 Å². The SMILES string of the molecule is COC1C(=O)N(C2CCN(S(=O)(=O)c3cn(C)cn3)CC2)C12CCOCC2. The number of carbonyl (C=O) groups is 1. The van der Waals surface area contributed by atoms with E-state index >= 15 is 0 Å². The summed E-state index contributed by atoms with van der Waals surface area (Å²) < 4.78 is 39.6. The van der Waals surface area contributed by atoms with Crippen molar-refractivity contribution in [1.82, 2.24) is 18.8 Å². The standard InChI is InChI=1S/C17H26N4O5S/c1-19-11-14(18-12-19)27(23,24)20-7-3-13(4-8-20)21-16(22)15(25-2)17(21)5-9-26-10-6-17/h11-13,15H,3-10H2,1-2H3. The van der Waals surface area contributed by atoms with E-state index < -0.39 is 16.1 Å². The van der Waals surface area contributed by atoms with E-state index in [0.717, 1.165) is 12.8 Å². The van der Waals surface area contributed by atoms with Gasteiger partial charge in [0.05, 0.1) is 11.9 Å². The number of sulfonamides is 1. The molecule has 9 nitrogen and oxygen atoms in total. The van der Waals surface area contributed by atoms with Gasteiger partial charge in [-0.2, -0.15) is 4.31 Å². The van der Waals surface area contributed by atoms with Gasteiger partial charge in [0.1, 0.15) is 0 Å². The quantitative estimate of drug-likeness (QED) is 0.662. The fraction of sp³-hybridized carbons (Fsp3) is 0.765. The van der Waals surface area contributed by atoms with Gasteiger partial charge in [-0.25, -0.2) is 13.4 Å². The Morgan fingerprint density at radius 3 is 2.48 bits per heavy atom. The number of rotatable bonds is 4. The second-order valence-electron chi connectivity index (χ2n) is 7.55. The Morgan fingerprint density at radius 1 is 1.26 bits per heavy atom. The van der Waals surface area contributed by atoms with Gasteiger partial charge in [-0.1, -0.05) is 0 Å². The number of hydrogen-bond donors (Lipinski definition) is 0. The first kappa shape index (κ1) is 18.9. The van der Waals surface area contributed by atoms with Crippen molar-refractivity contribution in [2.75, 3.05) is 33.4 Å². The molecule has 0 N–H and O–H groups in total. The Kier molecular flexibility index (Phi) is 4.77. The highest BCUT2D eigenvalue weighted by molar-refractivity contribution is 7.89. The van der Waals surface area contributed by atoms with Crippen molar-refractivity contribution in [2.24, 2.45) is 7.05 Å². The molecule has 4 heterocycles. The number of aryl methyl sites for hydroxylation is 1. The summed E-state index contributed by atoms with van der Waals surface area (Å²) in [5.41, 5.74) is -0.295. The lowest BCUT2D eigenvalue weighted by atomic mass is 9.72. The van der Waals surface area contributed by atoms with E-state index in [2.05, 4.69) is 4.98 Å². The smallest absolute Gasteiger partial charge is 0.262 e. The third kappa shape index (κ3) is 2.89. The number of nitrogens with zero attached hydrogens (tertiary/aromatic N) is 4. The van der Waals surface area contributed by atoms with Crippen molar-refractivity contribution in [3.63, 3.8) is 0 Å². The minimum Gasteiger partial charge on any atom is -0.381 e. The summed E-state index contributed by atoms with van der Waals surface area (Å²) in [5.74, 6) is 0.0189. The molecule has 3 fully saturated rings. The van der Waals surface area contributed by atoms with Crippen molar-refractivity contribution in [3.8, 4) is 0 Å². The molecule has 3 aliphatic rings. The molecule has 4 rings (SSSR count). The molecule has 1 spiro atoms. The van der Waals surface area contributed by atoms with Crippen LogP contribution in [0.25, 0.3) is 0 Å². The van der Waals surface area contributed by atoms with Crippen LogP contribution in [0.1, 0.15) is 25.7 Å². The summed E-state index contributed by atoms with van der Waals surface area (Å²) in [4.78, 5) is 18.6. The molecule has 3 aliphatic heterocycles. The molecule has 0 aliphatic carbocycles. The Bertz CT molecular complexity index is 809. The summed E-state index contributed by atoms with van der Waals surface area (Å²) in [7, 11) is -0.262. The third-order valence-electron chi connectivity index (χ3n) is 6.10. The number of hydrogen-bond acceptors (Lipinski definition) is 6. The van der Waals surface area contributed by atoms with Crippen molar-refractivity contribution >= 4 is 15.9 Å². The Morgan fingerprint density at radius 2 is 1.93 bits per heavy atom. The van der Waals surface area contributed by atoms with Crippen LogP contribution in [0.2, 0.25) is 0 Å². The van der Waals surface area contributed by atoms with Crippen LogP contribution in [0.5, 0.6) is 0 Å². The summed E-state index contributed by atoms with van der Waals surface area (Å²) in [6.07, 6.45) is 5.37. The summed E-state index contributed by atoms with van der Waals surface area (Å²) in [5, 5.41) is 0.0730. The summed E-state index contributed by atoms with van der Waals surface area (Å²) >= 11 is 0. The van der Waals surface area contributed by atoms with Crippen LogP contribution in [0, 0.1) is 0 Å². The highest BCUT2D eigenvalue weighted by Crippen LogP contribution is 2.45. The number of ether oxygens (including phenoxy) is 2. The topological polar surface area (TPSA) is 94.0 Å². The van der Waals surface area contributed by atoms with Gasteiger partial charge in [0, 0.05) is 52.7 Å². The van der Waals surface area contributed by atoms with Crippen molar-refractivity contribution in [2.45, 2.75) is 48.4 Å². The predicted octanol–water partition coefficient (Wildman–Crippen LogP) is -0.0204. The number of methoxy groups -OCH3 is 1. The molecule has 1 unspecified atom stereocenters. The lowest BCUT2D eigenvalue weighted by molar-refractivity contribution is -0.213. The van der Waals surface area contributed by atoms with E-state index in [1.807, 2.05) is 4.90 Å². The van der Waals surface area contributed by atoms with Gasteiger partial charge in [0.15, 0.2) is 11.1 Å². The Balaban J connectivity index is 1.47. The lowest BCUT2D eigenvalue weighted by Crippen LogP contribution is -2.79. The van der Waals surface area contributed by atoms with Gasteiger partial charge in [0.25, 0.3) is 15.9 Å². The maximum Gasteiger partial charge on any atom is 0.262 e. The van der Waals surface area contributed by atoms with Gasteiger partial charge >= 0.3 is 0 Å². The zero-order chi connectivity index (χ0) is 19.2. The largest absolute Gasteiger partial charge is 0.381 e. The number of amides is 1. The maximum absolute atomic E-state index is 12.8. The first-order valence-corrected chi connectivity index (χ1v) is 10.8. The third-order valence-corrected chi connectivity index (χ3v) is 7.88. The van der Waals surface area contributed by atoms with Crippen molar-refractivity contribution in [1.29, 1.82) is 0 Å². The molecular weight excluding hydrogens is 372 g/mol. The molecule has 1 atom stereocenters. The first-order chi connectivity index (χ1) is 12.9. The van der Waals surface area contributed by atoms with Gasteiger partial charge in [0.2, 0.25) is 0 Å². The second-order valence-corrected chi connectivity index (χ2v) is 9.44. The van der Waals surface area contributed by atoms with E-state index in [1.54, 1.807) is 18.7 Å². The molecule has 3 saturated heterocycles.